The van der Waals surface area contributed by atoms with Crippen molar-refractivity contribution in [1.29, 1.82) is 0 Å². The summed E-state index contributed by atoms with van der Waals surface area (Å²) < 4.78 is 18.8. The maximum Gasteiger partial charge on any atom is 0.233 e. The van der Waals surface area contributed by atoms with Gasteiger partial charge in [-0.3, -0.25) is 0 Å². The van der Waals surface area contributed by atoms with Crippen LogP contribution in [0.25, 0.3) is 0 Å². The van der Waals surface area contributed by atoms with Crippen molar-refractivity contribution in [1.82, 2.24) is 15.5 Å². The van der Waals surface area contributed by atoms with E-state index in [1.54, 1.807) is 19.2 Å². The molecule has 1 N–H and O–H groups in total. The zero-order chi connectivity index (χ0) is 14.5. The molecular weight excluding hydrogens is 325 g/mol. The van der Waals surface area contributed by atoms with Gasteiger partial charge in [-0.05, 0) is 37.2 Å². The van der Waals surface area contributed by atoms with Crippen LogP contribution in [0.5, 0.6) is 5.88 Å². The highest BCUT2D eigenvalue weighted by Gasteiger charge is 2.14. The molecule has 6 heteroatoms. The molecule has 2 rings (SSSR count). The number of nitrogens with zero attached hydrogens (tertiary/aromatic N) is 2. The second-order valence-corrected chi connectivity index (χ2v) is 5.14. The molecule has 1 aromatic carbocycles. The topological polar surface area (TPSA) is 47.0 Å². The third-order valence-corrected chi connectivity index (χ3v) is 3.75. The van der Waals surface area contributed by atoms with Gasteiger partial charge in [-0.15, -0.1) is 5.10 Å². The van der Waals surface area contributed by atoms with E-state index < -0.39 is 0 Å². The maximum atomic E-state index is 13.1. The van der Waals surface area contributed by atoms with Crippen LogP contribution in [0.1, 0.15) is 17.3 Å². The molecular formula is C14H15BrFN3O. The molecule has 0 radical (unpaired) electrons. The summed E-state index contributed by atoms with van der Waals surface area (Å²) in [6.07, 6.45) is 0.679. The van der Waals surface area contributed by atoms with Gasteiger partial charge >= 0.3 is 0 Å². The van der Waals surface area contributed by atoms with Crippen molar-refractivity contribution in [3.05, 3.63) is 51.9 Å². The molecule has 1 unspecified atom stereocenters. The first-order chi connectivity index (χ1) is 9.63. The van der Waals surface area contributed by atoms with Gasteiger partial charge in [0.1, 0.15) is 5.82 Å². The maximum absolute atomic E-state index is 13.1. The number of benzene rings is 1. The number of methoxy groups -OCH3 is 1. The number of halogens is 2. The Morgan fingerprint density at radius 2 is 2.10 bits per heavy atom. The largest absolute Gasteiger partial charge is 0.480 e. The van der Waals surface area contributed by atoms with E-state index in [0.717, 1.165) is 15.7 Å². The summed E-state index contributed by atoms with van der Waals surface area (Å²) in [6.45, 7) is 0. The third kappa shape index (κ3) is 3.52. The quantitative estimate of drug-likeness (QED) is 0.909. The highest BCUT2D eigenvalue weighted by Crippen LogP contribution is 2.24. The first-order valence-electron chi connectivity index (χ1n) is 6.13. The van der Waals surface area contributed by atoms with E-state index in [0.29, 0.717) is 12.3 Å². The van der Waals surface area contributed by atoms with Crippen LogP contribution in [0.4, 0.5) is 4.39 Å². The molecule has 0 saturated heterocycles. The molecule has 0 spiro atoms. The second kappa shape index (κ2) is 6.76. The van der Waals surface area contributed by atoms with Crippen LogP contribution in [0.15, 0.2) is 34.8 Å². The molecule has 0 saturated carbocycles. The van der Waals surface area contributed by atoms with Crippen LogP contribution in [-0.4, -0.2) is 24.4 Å². The van der Waals surface area contributed by atoms with Gasteiger partial charge in [0.05, 0.1) is 18.8 Å². The number of ether oxygens (including phenoxy) is 1. The molecule has 1 heterocycles. The summed E-state index contributed by atoms with van der Waals surface area (Å²) in [6, 6.07) is 8.31. The Morgan fingerprint density at radius 3 is 2.65 bits per heavy atom. The minimum absolute atomic E-state index is 0.00447. The molecule has 0 amide bonds. The van der Waals surface area contributed by atoms with Crippen molar-refractivity contribution in [3.8, 4) is 5.88 Å². The van der Waals surface area contributed by atoms with E-state index in [-0.39, 0.29) is 11.9 Å². The number of aromatic nitrogens is 2. The first-order valence-corrected chi connectivity index (χ1v) is 6.92. The molecule has 1 atom stereocenters. The smallest absolute Gasteiger partial charge is 0.233 e. The van der Waals surface area contributed by atoms with E-state index in [2.05, 4.69) is 31.4 Å². The van der Waals surface area contributed by atoms with Gasteiger partial charge in [0.25, 0.3) is 0 Å². The van der Waals surface area contributed by atoms with Gasteiger partial charge in [-0.2, -0.15) is 5.10 Å². The number of likely N-dealkylation sites (N-methyl/N-ethyl adjacent to an activating group) is 1. The zero-order valence-corrected chi connectivity index (χ0v) is 12.8. The predicted molar refractivity (Wildman–Crippen MR) is 78.2 cm³/mol. The molecule has 4 nitrogen and oxygen atoms in total. The normalized spacial score (nSPS) is 12.2. The highest BCUT2D eigenvalue weighted by atomic mass is 79.9. The summed E-state index contributed by atoms with van der Waals surface area (Å²) in [5.74, 6) is 0.220. The van der Waals surface area contributed by atoms with Crippen molar-refractivity contribution in [2.45, 2.75) is 12.5 Å². The van der Waals surface area contributed by atoms with Crippen LogP contribution in [-0.2, 0) is 6.42 Å². The highest BCUT2D eigenvalue weighted by molar-refractivity contribution is 9.10. The van der Waals surface area contributed by atoms with Crippen LogP contribution >= 0.6 is 15.9 Å². The van der Waals surface area contributed by atoms with Crippen molar-refractivity contribution in [3.63, 3.8) is 0 Å². The molecule has 0 aliphatic carbocycles. The van der Waals surface area contributed by atoms with Gasteiger partial charge in [0, 0.05) is 10.5 Å². The van der Waals surface area contributed by atoms with E-state index in [4.69, 9.17) is 4.74 Å². The number of nitrogens with one attached hydrogen (secondary N) is 1. The third-order valence-electron chi connectivity index (χ3n) is 3.01. The minimum Gasteiger partial charge on any atom is -0.480 e. The Bertz CT molecular complexity index is 577. The summed E-state index contributed by atoms with van der Waals surface area (Å²) in [7, 11) is 3.41. The molecule has 20 heavy (non-hydrogen) atoms. The van der Waals surface area contributed by atoms with Gasteiger partial charge in [0.2, 0.25) is 5.88 Å². The van der Waals surface area contributed by atoms with Gasteiger partial charge in [-0.1, -0.05) is 22.0 Å². The molecule has 0 aliphatic heterocycles. The number of hydrogen-bond acceptors (Lipinski definition) is 4. The summed E-state index contributed by atoms with van der Waals surface area (Å²) in [5.41, 5.74) is 1.81. The molecule has 0 bridgehead atoms. The summed E-state index contributed by atoms with van der Waals surface area (Å²) in [5, 5.41) is 11.3. The lowest BCUT2D eigenvalue weighted by Gasteiger charge is -2.16. The van der Waals surface area contributed by atoms with Crippen molar-refractivity contribution in [2.24, 2.45) is 0 Å². The monoisotopic (exact) mass is 339 g/mol. The van der Waals surface area contributed by atoms with E-state index in [1.165, 1.54) is 12.1 Å². The Labute approximate surface area is 125 Å². The van der Waals surface area contributed by atoms with E-state index >= 15 is 0 Å². The minimum atomic E-state index is -0.258. The zero-order valence-electron chi connectivity index (χ0n) is 11.2. The van der Waals surface area contributed by atoms with Crippen LogP contribution in [0.3, 0.4) is 0 Å². The first kappa shape index (κ1) is 14.9. The van der Waals surface area contributed by atoms with Crippen molar-refractivity contribution >= 4 is 15.9 Å². The van der Waals surface area contributed by atoms with Crippen molar-refractivity contribution < 1.29 is 9.13 Å². The average molecular weight is 340 g/mol. The molecule has 0 aliphatic rings. The lowest BCUT2D eigenvalue weighted by atomic mass is 10.0. The Hall–Kier alpha value is -1.53. The van der Waals surface area contributed by atoms with Gasteiger partial charge < -0.3 is 10.1 Å². The van der Waals surface area contributed by atoms with Gasteiger partial charge in [-0.25, -0.2) is 4.39 Å². The Morgan fingerprint density at radius 1 is 1.30 bits per heavy atom. The second-order valence-electron chi connectivity index (χ2n) is 4.28. The lowest BCUT2D eigenvalue weighted by Crippen LogP contribution is -2.20. The van der Waals surface area contributed by atoms with E-state index in [9.17, 15) is 4.39 Å². The standard InChI is InChI=1S/C14H15BrFN3O/c1-17-13(12-5-6-14(20-2)19-18-12)7-9-3-4-10(16)8-11(9)15/h3-6,8,13,17H,7H2,1-2H3. The average Bonchev–Trinajstić information content (AvgIpc) is 2.47. The summed E-state index contributed by atoms with van der Waals surface area (Å²) >= 11 is 3.38. The number of hydrogen-bond donors (Lipinski definition) is 1. The Balaban J connectivity index is 2.19. The fraction of sp³-hybridized carbons (Fsp3) is 0.286. The Kier molecular flexibility index (Phi) is 5.03. The predicted octanol–water partition coefficient (Wildman–Crippen LogP) is 2.89. The van der Waals surface area contributed by atoms with Crippen LogP contribution < -0.4 is 10.1 Å². The molecule has 1 aromatic heterocycles. The molecule has 0 fully saturated rings. The van der Waals surface area contributed by atoms with Gasteiger partial charge in [0.15, 0.2) is 0 Å². The SMILES string of the molecule is CNC(Cc1ccc(F)cc1Br)c1ccc(OC)nn1. The number of rotatable bonds is 5. The van der Waals surface area contributed by atoms with Crippen molar-refractivity contribution in [2.75, 3.05) is 14.2 Å². The van der Waals surface area contributed by atoms with E-state index in [1.807, 2.05) is 13.1 Å². The van der Waals surface area contributed by atoms with Crippen LogP contribution in [0, 0.1) is 5.82 Å². The lowest BCUT2D eigenvalue weighted by molar-refractivity contribution is 0.389. The summed E-state index contributed by atoms with van der Waals surface area (Å²) in [4.78, 5) is 0. The fourth-order valence-corrected chi connectivity index (χ4v) is 2.40. The van der Waals surface area contributed by atoms with Crippen LogP contribution in [0.2, 0.25) is 0 Å². The molecule has 106 valence electrons. The molecule has 2 aromatic rings. The fourth-order valence-electron chi connectivity index (χ4n) is 1.89.